The van der Waals surface area contributed by atoms with Crippen molar-refractivity contribution < 1.29 is 17.9 Å². The van der Waals surface area contributed by atoms with E-state index in [1.807, 2.05) is 0 Å². The SMILES string of the molecule is O=C(COc1ccc(Cl)cc1Cl)Nc1cccc(S(=O)(=O)NC2=NCCC2)c1. The molecule has 0 fully saturated rings. The summed E-state index contributed by atoms with van der Waals surface area (Å²) in [5, 5.41) is 3.34. The number of hydrogen-bond acceptors (Lipinski definition) is 5. The second kappa shape index (κ2) is 8.81. The number of amidine groups is 1. The first-order valence-electron chi connectivity index (χ1n) is 8.37. The molecule has 0 aliphatic carbocycles. The molecule has 1 heterocycles. The van der Waals surface area contributed by atoms with Gasteiger partial charge in [0.1, 0.15) is 11.6 Å². The maximum atomic E-state index is 12.4. The summed E-state index contributed by atoms with van der Waals surface area (Å²) in [6.07, 6.45) is 1.42. The van der Waals surface area contributed by atoms with Crippen LogP contribution < -0.4 is 14.8 Å². The highest BCUT2D eigenvalue weighted by Gasteiger charge is 2.19. The molecule has 0 spiro atoms. The molecule has 0 unspecified atom stereocenters. The fourth-order valence-corrected chi connectivity index (χ4v) is 4.11. The first kappa shape index (κ1) is 20.4. The van der Waals surface area contributed by atoms with E-state index in [-0.39, 0.29) is 16.5 Å². The molecule has 1 aliphatic rings. The monoisotopic (exact) mass is 441 g/mol. The van der Waals surface area contributed by atoms with Crippen LogP contribution in [0.25, 0.3) is 0 Å². The average molecular weight is 442 g/mol. The molecule has 10 heteroatoms. The van der Waals surface area contributed by atoms with Crippen LogP contribution in [0.4, 0.5) is 5.69 Å². The van der Waals surface area contributed by atoms with Crippen molar-refractivity contribution >= 4 is 50.7 Å². The topological polar surface area (TPSA) is 96.9 Å². The van der Waals surface area contributed by atoms with Gasteiger partial charge < -0.3 is 10.1 Å². The maximum absolute atomic E-state index is 12.4. The summed E-state index contributed by atoms with van der Waals surface area (Å²) in [7, 11) is -3.76. The molecule has 0 aromatic heterocycles. The van der Waals surface area contributed by atoms with Gasteiger partial charge in [-0.1, -0.05) is 29.3 Å². The Morgan fingerprint density at radius 2 is 2.00 bits per heavy atom. The van der Waals surface area contributed by atoms with Crippen molar-refractivity contribution in [1.82, 2.24) is 4.72 Å². The summed E-state index contributed by atoms with van der Waals surface area (Å²) in [6, 6.07) is 10.6. The standard InChI is InChI=1S/C18H17Cl2N3O4S/c19-12-6-7-16(15(20)9-12)27-11-18(24)22-13-3-1-4-14(10-13)28(25,26)23-17-5-2-8-21-17/h1,3-4,6-7,9-10H,2,5,8,11H2,(H,21,23)(H,22,24). The van der Waals surface area contributed by atoms with E-state index in [9.17, 15) is 13.2 Å². The minimum atomic E-state index is -3.76. The molecule has 0 saturated heterocycles. The van der Waals surface area contributed by atoms with Gasteiger partial charge in [-0.2, -0.15) is 0 Å². The Balaban J connectivity index is 1.62. The van der Waals surface area contributed by atoms with Crippen LogP contribution >= 0.6 is 23.2 Å². The number of aliphatic imine (C=N–C) groups is 1. The lowest BCUT2D eigenvalue weighted by atomic mass is 10.3. The summed E-state index contributed by atoms with van der Waals surface area (Å²) in [6.45, 7) is 0.318. The van der Waals surface area contributed by atoms with Crippen molar-refractivity contribution in [3.8, 4) is 5.75 Å². The summed E-state index contributed by atoms with van der Waals surface area (Å²) in [5.41, 5.74) is 0.326. The van der Waals surface area contributed by atoms with Gasteiger partial charge in [-0.25, -0.2) is 8.42 Å². The lowest BCUT2D eigenvalue weighted by molar-refractivity contribution is -0.118. The van der Waals surface area contributed by atoms with E-state index in [1.54, 1.807) is 18.2 Å². The molecule has 1 amide bonds. The van der Waals surface area contributed by atoms with Gasteiger partial charge in [0, 0.05) is 23.7 Å². The molecular formula is C18H17Cl2N3O4S. The van der Waals surface area contributed by atoms with E-state index < -0.39 is 15.9 Å². The van der Waals surface area contributed by atoms with Gasteiger partial charge in [-0.15, -0.1) is 0 Å². The molecule has 7 nitrogen and oxygen atoms in total. The fraction of sp³-hybridized carbons (Fsp3) is 0.222. The number of sulfonamides is 1. The number of carbonyl (C=O) groups excluding carboxylic acids is 1. The van der Waals surface area contributed by atoms with E-state index in [4.69, 9.17) is 27.9 Å². The number of nitrogens with zero attached hydrogens (tertiary/aromatic N) is 1. The molecule has 0 saturated carbocycles. The van der Waals surface area contributed by atoms with Crippen molar-refractivity contribution in [1.29, 1.82) is 0 Å². The Kier molecular flexibility index (Phi) is 6.43. The zero-order valence-corrected chi connectivity index (χ0v) is 16.9. The van der Waals surface area contributed by atoms with E-state index in [2.05, 4.69) is 15.0 Å². The van der Waals surface area contributed by atoms with Crippen LogP contribution in [0.2, 0.25) is 10.0 Å². The van der Waals surface area contributed by atoms with Crippen LogP contribution in [0, 0.1) is 0 Å². The lowest BCUT2D eigenvalue weighted by Gasteiger charge is -2.11. The highest BCUT2D eigenvalue weighted by molar-refractivity contribution is 7.90. The molecule has 0 bridgehead atoms. The molecule has 0 radical (unpaired) electrons. The molecule has 3 rings (SSSR count). The Labute approximate surface area is 172 Å². The number of anilines is 1. The van der Waals surface area contributed by atoms with Gasteiger partial charge in [0.15, 0.2) is 6.61 Å². The quantitative estimate of drug-likeness (QED) is 0.716. The molecule has 2 aromatic rings. The number of hydrogen-bond donors (Lipinski definition) is 2. The van der Waals surface area contributed by atoms with Crippen molar-refractivity contribution in [2.45, 2.75) is 17.7 Å². The first-order chi connectivity index (χ1) is 13.3. The molecule has 1 aliphatic heterocycles. The Morgan fingerprint density at radius 3 is 2.71 bits per heavy atom. The van der Waals surface area contributed by atoms with Gasteiger partial charge in [-0.05, 0) is 42.8 Å². The number of rotatable bonds is 6. The van der Waals surface area contributed by atoms with Crippen LogP contribution in [-0.2, 0) is 14.8 Å². The highest BCUT2D eigenvalue weighted by atomic mass is 35.5. The number of ether oxygens (including phenoxy) is 1. The van der Waals surface area contributed by atoms with Crippen LogP contribution in [0.5, 0.6) is 5.75 Å². The summed E-state index contributed by atoms with van der Waals surface area (Å²) in [5.74, 6) is 0.301. The van der Waals surface area contributed by atoms with Crippen LogP contribution in [0.3, 0.4) is 0 Å². The molecule has 2 aromatic carbocycles. The third-order valence-corrected chi connectivity index (χ3v) is 5.72. The summed E-state index contributed by atoms with van der Waals surface area (Å²) < 4.78 is 32.7. The zero-order valence-electron chi connectivity index (χ0n) is 14.6. The smallest absolute Gasteiger partial charge is 0.262 e. The van der Waals surface area contributed by atoms with Gasteiger partial charge in [0.2, 0.25) is 0 Å². The second-order valence-corrected chi connectivity index (χ2v) is 8.50. The molecule has 148 valence electrons. The van der Waals surface area contributed by atoms with Crippen LogP contribution in [-0.4, -0.2) is 33.3 Å². The van der Waals surface area contributed by atoms with Gasteiger partial charge in [0.05, 0.1) is 9.92 Å². The molecule has 0 atom stereocenters. The summed E-state index contributed by atoms with van der Waals surface area (Å²) in [4.78, 5) is 16.2. The van der Waals surface area contributed by atoms with Crippen LogP contribution in [0.1, 0.15) is 12.8 Å². The number of amides is 1. The summed E-state index contributed by atoms with van der Waals surface area (Å²) >= 11 is 11.8. The molecular weight excluding hydrogens is 425 g/mol. The van der Waals surface area contributed by atoms with Gasteiger partial charge in [0.25, 0.3) is 15.9 Å². The zero-order chi connectivity index (χ0) is 20.1. The Bertz CT molecular complexity index is 1030. The number of carbonyl (C=O) groups is 1. The Morgan fingerprint density at radius 1 is 1.18 bits per heavy atom. The van der Waals surface area contributed by atoms with Crippen molar-refractivity contribution in [3.05, 3.63) is 52.5 Å². The minimum Gasteiger partial charge on any atom is -0.482 e. The van der Waals surface area contributed by atoms with Crippen LogP contribution in [0.15, 0.2) is 52.4 Å². The fourth-order valence-electron chi connectivity index (χ4n) is 2.51. The van der Waals surface area contributed by atoms with E-state index in [0.29, 0.717) is 35.3 Å². The average Bonchev–Trinajstić information content (AvgIpc) is 3.13. The van der Waals surface area contributed by atoms with E-state index in [0.717, 1.165) is 6.42 Å². The number of halogens is 2. The maximum Gasteiger partial charge on any atom is 0.262 e. The normalized spacial score (nSPS) is 13.7. The molecule has 2 N–H and O–H groups in total. The van der Waals surface area contributed by atoms with Gasteiger partial charge in [-0.3, -0.25) is 14.5 Å². The Hall–Kier alpha value is -2.29. The third kappa shape index (κ3) is 5.37. The van der Waals surface area contributed by atoms with Gasteiger partial charge >= 0.3 is 0 Å². The first-order valence-corrected chi connectivity index (χ1v) is 10.6. The number of nitrogens with one attached hydrogen (secondary N) is 2. The molecule has 28 heavy (non-hydrogen) atoms. The predicted octanol–water partition coefficient (Wildman–Crippen LogP) is 3.48. The highest BCUT2D eigenvalue weighted by Crippen LogP contribution is 2.27. The largest absolute Gasteiger partial charge is 0.482 e. The number of benzene rings is 2. The van der Waals surface area contributed by atoms with Crippen molar-refractivity contribution in [2.24, 2.45) is 4.99 Å². The minimum absolute atomic E-state index is 0.0292. The van der Waals surface area contributed by atoms with Crippen molar-refractivity contribution in [3.63, 3.8) is 0 Å². The van der Waals surface area contributed by atoms with Crippen molar-refractivity contribution in [2.75, 3.05) is 18.5 Å². The third-order valence-electron chi connectivity index (χ3n) is 3.81. The second-order valence-electron chi connectivity index (χ2n) is 5.98. The van der Waals surface area contributed by atoms with E-state index in [1.165, 1.54) is 24.3 Å². The lowest BCUT2D eigenvalue weighted by Crippen LogP contribution is -2.29. The van der Waals surface area contributed by atoms with E-state index >= 15 is 0 Å². The predicted molar refractivity (Wildman–Crippen MR) is 109 cm³/mol.